The van der Waals surface area contributed by atoms with Crippen molar-refractivity contribution in [3.05, 3.63) is 29.7 Å². The summed E-state index contributed by atoms with van der Waals surface area (Å²) in [5.74, 6) is -0.0772. The monoisotopic (exact) mass is 537 g/mol. The van der Waals surface area contributed by atoms with Crippen molar-refractivity contribution >= 4 is 55.8 Å². The van der Waals surface area contributed by atoms with Gasteiger partial charge in [-0.05, 0) is 41.1 Å². The number of ketones is 1. The molecule has 2 amide bonds. The van der Waals surface area contributed by atoms with Crippen molar-refractivity contribution in [1.82, 2.24) is 34.9 Å². The van der Waals surface area contributed by atoms with Crippen LogP contribution in [0.2, 0.25) is 0 Å². The Morgan fingerprint density at radius 2 is 2.03 bits per heavy atom. The zero-order valence-corrected chi connectivity index (χ0v) is 21.3. The molecule has 1 fully saturated rings. The van der Waals surface area contributed by atoms with Gasteiger partial charge in [0.1, 0.15) is 0 Å². The van der Waals surface area contributed by atoms with Crippen LogP contribution >= 0.6 is 23.1 Å². The molecule has 3 aromatic rings. The number of tetrazole rings is 1. The van der Waals surface area contributed by atoms with Gasteiger partial charge < -0.3 is 5.32 Å². The van der Waals surface area contributed by atoms with Gasteiger partial charge in [0.05, 0.1) is 34.0 Å². The number of nitrogens with one attached hydrogen (secondary N) is 3. The molecule has 0 atom stereocenters. The molecule has 3 heterocycles. The lowest BCUT2D eigenvalue weighted by molar-refractivity contribution is 0.0923. The van der Waals surface area contributed by atoms with Crippen molar-refractivity contribution in [3.8, 4) is 0 Å². The van der Waals surface area contributed by atoms with Gasteiger partial charge in [-0.2, -0.15) is 0 Å². The topological polar surface area (TPSA) is 174 Å². The van der Waals surface area contributed by atoms with Gasteiger partial charge >= 0.3 is 6.03 Å². The first-order valence-electron chi connectivity index (χ1n) is 10.6. The zero-order valence-electron chi connectivity index (χ0n) is 18.9. The van der Waals surface area contributed by atoms with Gasteiger partial charge in [-0.25, -0.2) is 27.6 Å². The summed E-state index contributed by atoms with van der Waals surface area (Å²) >= 11 is 2.34. The predicted octanol–water partition coefficient (Wildman–Crippen LogP) is 2.28. The highest BCUT2D eigenvalue weighted by Gasteiger charge is 2.26. The summed E-state index contributed by atoms with van der Waals surface area (Å²) < 4.78 is 27.6. The summed E-state index contributed by atoms with van der Waals surface area (Å²) in [4.78, 5) is 34.0. The summed E-state index contributed by atoms with van der Waals surface area (Å²) in [6.07, 6.45) is 7.73. The number of nitrogens with zero attached hydrogens (tertiary/aromatic N) is 6. The molecule has 1 aliphatic rings. The van der Waals surface area contributed by atoms with Gasteiger partial charge in [0, 0.05) is 25.4 Å². The van der Waals surface area contributed by atoms with E-state index in [1.807, 2.05) is 0 Å². The number of thiazole rings is 1. The Balaban J connectivity index is 1.50. The number of Topliss-reactive ketones (excluding diaryl/α,β-unsaturated/α-hetero) is 1. The number of rotatable bonds is 9. The first-order chi connectivity index (χ1) is 16.7. The predicted molar refractivity (Wildman–Crippen MR) is 130 cm³/mol. The van der Waals surface area contributed by atoms with Crippen LogP contribution in [-0.2, 0) is 23.6 Å². The lowest BCUT2D eigenvalue weighted by Crippen LogP contribution is -2.23. The Morgan fingerprint density at radius 1 is 1.26 bits per heavy atom. The second kappa shape index (κ2) is 10.8. The minimum absolute atomic E-state index is 0.0229. The van der Waals surface area contributed by atoms with E-state index < -0.39 is 16.1 Å². The third kappa shape index (κ3) is 6.59. The molecule has 3 aromatic heterocycles. The second-order valence-corrected chi connectivity index (χ2v) is 11.9. The normalized spacial score (nSPS) is 14.2. The van der Waals surface area contributed by atoms with Gasteiger partial charge in [0.15, 0.2) is 10.9 Å². The first kappa shape index (κ1) is 25.2. The highest BCUT2D eigenvalue weighted by molar-refractivity contribution is 8.01. The molecule has 0 bridgehead atoms. The van der Waals surface area contributed by atoms with Crippen molar-refractivity contribution in [1.29, 1.82) is 0 Å². The zero-order chi connectivity index (χ0) is 25.0. The maximum atomic E-state index is 12.9. The van der Waals surface area contributed by atoms with Crippen LogP contribution < -0.4 is 15.4 Å². The SMILES string of the molecule is Cn1nnnc1Sc1sc(NC(=O)Nc2ccncc2C(=O)C2CCCC2)nc1CNS(C)(=O)=O. The number of anilines is 2. The quantitative estimate of drug-likeness (QED) is 0.344. The van der Waals surface area contributed by atoms with E-state index in [0.29, 0.717) is 26.3 Å². The fourth-order valence-electron chi connectivity index (χ4n) is 3.53. The molecular weight excluding hydrogens is 514 g/mol. The van der Waals surface area contributed by atoms with Crippen LogP contribution in [0, 0.1) is 5.92 Å². The highest BCUT2D eigenvalue weighted by Crippen LogP contribution is 2.36. The molecule has 0 unspecified atom stereocenters. The van der Waals surface area contributed by atoms with E-state index in [1.165, 1.54) is 28.8 Å². The number of amides is 2. The summed E-state index contributed by atoms with van der Waals surface area (Å²) in [5, 5.41) is 17.3. The Hall–Kier alpha value is -2.95. The molecule has 35 heavy (non-hydrogen) atoms. The van der Waals surface area contributed by atoms with E-state index in [0.717, 1.165) is 43.3 Å². The van der Waals surface area contributed by atoms with Crippen molar-refractivity contribution in [2.75, 3.05) is 16.9 Å². The average molecular weight is 538 g/mol. The number of aromatic nitrogens is 6. The molecule has 0 aliphatic heterocycles. The lowest BCUT2D eigenvalue weighted by atomic mass is 9.96. The second-order valence-electron chi connectivity index (χ2n) is 7.88. The number of hydrogen-bond donors (Lipinski definition) is 3. The molecule has 4 rings (SSSR count). The van der Waals surface area contributed by atoms with Crippen LogP contribution in [0.4, 0.5) is 15.6 Å². The van der Waals surface area contributed by atoms with E-state index in [4.69, 9.17) is 0 Å². The van der Waals surface area contributed by atoms with E-state index in [1.54, 1.807) is 13.1 Å². The van der Waals surface area contributed by atoms with Crippen molar-refractivity contribution < 1.29 is 18.0 Å². The number of pyridine rings is 1. The summed E-state index contributed by atoms with van der Waals surface area (Å²) in [7, 11) is -1.79. The van der Waals surface area contributed by atoms with Crippen LogP contribution in [0.15, 0.2) is 27.8 Å². The maximum absolute atomic E-state index is 12.9. The average Bonchev–Trinajstić information content (AvgIpc) is 3.55. The van der Waals surface area contributed by atoms with Gasteiger partial charge in [-0.3, -0.25) is 15.1 Å². The van der Waals surface area contributed by atoms with Crippen molar-refractivity contribution in [3.63, 3.8) is 0 Å². The lowest BCUT2D eigenvalue weighted by Gasteiger charge is -2.13. The molecule has 1 aliphatic carbocycles. The molecule has 16 heteroatoms. The minimum Gasteiger partial charge on any atom is -0.307 e. The number of carbonyl (C=O) groups is 2. The van der Waals surface area contributed by atoms with E-state index >= 15 is 0 Å². The minimum atomic E-state index is -3.46. The van der Waals surface area contributed by atoms with Crippen LogP contribution in [0.1, 0.15) is 41.7 Å². The van der Waals surface area contributed by atoms with Crippen LogP contribution in [0.25, 0.3) is 0 Å². The summed E-state index contributed by atoms with van der Waals surface area (Å²) in [6, 6.07) is 0.984. The molecule has 0 saturated heterocycles. The molecule has 3 N–H and O–H groups in total. The summed E-state index contributed by atoms with van der Waals surface area (Å²) in [6.45, 7) is -0.0728. The van der Waals surface area contributed by atoms with E-state index in [9.17, 15) is 18.0 Å². The Morgan fingerprint density at radius 3 is 2.71 bits per heavy atom. The third-order valence-electron chi connectivity index (χ3n) is 5.21. The van der Waals surface area contributed by atoms with E-state index in [-0.39, 0.29) is 23.4 Å². The molecule has 0 spiro atoms. The fourth-order valence-corrected chi connectivity index (χ4v) is 5.92. The fraction of sp³-hybridized carbons (Fsp3) is 0.421. The summed E-state index contributed by atoms with van der Waals surface area (Å²) in [5.41, 5.74) is 1.15. The van der Waals surface area contributed by atoms with Gasteiger partial charge in [0.25, 0.3) is 0 Å². The maximum Gasteiger partial charge on any atom is 0.325 e. The first-order valence-corrected chi connectivity index (χ1v) is 14.1. The molecule has 0 aromatic carbocycles. The van der Waals surface area contributed by atoms with Crippen molar-refractivity contribution in [2.45, 2.75) is 41.6 Å². The number of carbonyl (C=O) groups excluding carboxylic acids is 2. The van der Waals surface area contributed by atoms with Gasteiger partial charge in [-0.1, -0.05) is 24.2 Å². The Kier molecular flexibility index (Phi) is 7.73. The molecule has 0 radical (unpaired) electrons. The molecule has 186 valence electrons. The van der Waals surface area contributed by atoms with Crippen LogP contribution in [-0.4, -0.2) is 56.7 Å². The van der Waals surface area contributed by atoms with Crippen molar-refractivity contribution in [2.24, 2.45) is 13.0 Å². The number of urea groups is 1. The Labute approximate surface area is 209 Å². The number of sulfonamides is 1. The molecule has 1 saturated carbocycles. The number of hydrogen-bond acceptors (Lipinski definition) is 11. The van der Waals surface area contributed by atoms with Crippen LogP contribution in [0.3, 0.4) is 0 Å². The number of aryl methyl sites for hydroxylation is 1. The smallest absolute Gasteiger partial charge is 0.307 e. The Bertz CT molecular complexity index is 1330. The van der Waals surface area contributed by atoms with Gasteiger partial charge in [0.2, 0.25) is 15.2 Å². The van der Waals surface area contributed by atoms with E-state index in [2.05, 4.69) is 40.8 Å². The highest BCUT2D eigenvalue weighted by atomic mass is 32.2. The molecular formula is C19H23N9O4S3. The standard InChI is InChI=1S/C19H23N9O4S3/c1-28-19(25-26-27-28)34-16-14(10-21-35(2,31)32)23-18(33-16)24-17(30)22-13-7-8-20-9-12(13)15(29)11-5-3-4-6-11/h7-9,11,21H,3-6,10H2,1-2H3,(H2,20,22,23,24,30). The van der Waals surface area contributed by atoms with Crippen LogP contribution in [0.5, 0.6) is 0 Å². The third-order valence-corrected chi connectivity index (χ3v) is 8.14. The molecule has 13 nitrogen and oxygen atoms in total. The largest absolute Gasteiger partial charge is 0.325 e. The van der Waals surface area contributed by atoms with Gasteiger partial charge in [-0.15, -0.1) is 5.10 Å².